The molecular weight excluding hydrogens is 317 g/mol. The highest BCUT2D eigenvalue weighted by atomic mass is 19.1. The first-order valence-corrected chi connectivity index (χ1v) is 7.96. The van der Waals surface area contributed by atoms with Gasteiger partial charge in [-0.2, -0.15) is 0 Å². The minimum absolute atomic E-state index is 0.251. The maximum Gasteiger partial charge on any atom is 0.322 e. The van der Waals surface area contributed by atoms with E-state index in [-0.39, 0.29) is 11.8 Å². The van der Waals surface area contributed by atoms with E-state index in [4.69, 9.17) is 0 Å². The van der Waals surface area contributed by atoms with Gasteiger partial charge in [-0.05, 0) is 41.5 Å². The molecule has 0 fully saturated rings. The van der Waals surface area contributed by atoms with E-state index in [1.807, 2.05) is 42.5 Å². The fourth-order valence-electron chi connectivity index (χ4n) is 2.44. The summed E-state index contributed by atoms with van der Waals surface area (Å²) in [4.78, 5) is 18.4. The van der Waals surface area contributed by atoms with Gasteiger partial charge in [0.1, 0.15) is 5.82 Å². The summed E-state index contributed by atoms with van der Waals surface area (Å²) in [5, 5.41) is 2.91. The second-order valence-corrected chi connectivity index (χ2v) is 5.57. The van der Waals surface area contributed by atoms with E-state index in [1.54, 1.807) is 29.4 Å². The molecule has 4 nitrogen and oxygen atoms in total. The van der Waals surface area contributed by atoms with E-state index >= 15 is 0 Å². The van der Waals surface area contributed by atoms with Crippen LogP contribution in [0.15, 0.2) is 79.1 Å². The van der Waals surface area contributed by atoms with Crippen molar-refractivity contribution in [3.63, 3.8) is 0 Å². The van der Waals surface area contributed by atoms with Gasteiger partial charge in [-0.15, -0.1) is 0 Å². The highest BCUT2D eigenvalue weighted by Crippen LogP contribution is 2.18. The van der Waals surface area contributed by atoms with Gasteiger partial charge < -0.3 is 5.32 Å². The highest BCUT2D eigenvalue weighted by molar-refractivity contribution is 5.91. The number of urea groups is 1. The van der Waals surface area contributed by atoms with Crippen LogP contribution in [0.5, 0.6) is 0 Å². The van der Waals surface area contributed by atoms with Gasteiger partial charge in [0.25, 0.3) is 0 Å². The number of rotatable bonds is 5. The Balaban J connectivity index is 1.77. The molecule has 5 heteroatoms. The predicted molar refractivity (Wildman–Crippen MR) is 95.5 cm³/mol. The smallest absolute Gasteiger partial charge is 0.322 e. The fraction of sp³-hybridized carbons (Fsp3) is 0.100. The lowest BCUT2D eigenvalue weighted by Gasteiger charge is -2.23. The first-order valence-electron chi connectivity index (χ1n) is 7.96. The first-order chi connectivity index (χ1) is 12.2. The van der Waals surface area contributed by atoms with Crippen molar-refractivity contribution in [3.05, 3.63) is 96.1 Å². The summed E-state index contributed by atoms with van der Waals surface area (Å²) in [6.07, 6.45) is 3.39. The van der Waals surface area contributed by atoms with Crippen LogP contribution in [0, 0.1) is 5.82 Å². The van der Waals surface area contributed by atoms with Crippen molar-refractivity contribution in [2.75, 3.05) is 4.90 Å². The van der Waals surface area contributed by atoms with E-state index in [0.29, 0.717) is 18.8 Å². The molecule has 25 heavy (non-hydrogen) atoms. The number of amides is 2. The van der Waals surface area contributed by atoms with Crippen LogP contribution in [0.25, 0.3) is 0 Å². The van der Waals surface area contributed by atoms with E-state index in [1.165, 1.54) is 12.1 Å². The number of carbonyl (C=O) groups excluding carboxylic acids is 1. The van der Waals surface area contributed by atoms with Crippen LogP contribution < -0.4 is 10.2 Å². The molecule has 2 amide bonds. The minimum atomic E-state index is -0.338. The fourth-order valence-corrected chi connectivity index (χ4v) is 2.44. The maximum absolute atomic E-state index is 13.2. The highest BCUT2D eigenvalue weighted by Gasteiger charge is 2.16. The van der Waals surface area contributed by atoms with Crippen LogP contribution in [0.4, 0.5) is 14.9 Å². The van der Waals surface area contributed by atoms with Crippen molar-refractivity contribution in [1.29, 1.82) is 0 Å². The van der Waals surface area contributed by atoms with Crippen molar-refractivity contribution in [2.24, 2.45) is 0 Å². The summed E-state index contributed by atoms with van der Waals surface area (Å²) in [6.45, 7) is 0.768. The molecule has 0 aliphatic carbocycles. The van der Waals surface area contributed by atoms with Crippen molar-refractivity contribution in [2.45, 2.75) is 13.1 Å². The molecule has 0 spiro atoms. The molecule has 0 radical (unpaired) electrons. The molecular formula is C20H18FN3O. The van der Waals surface area contributed by atoms with Gasteiger partial charge in [0.2, 0.25) is 0 Å². The van der Waals surface area contributed by atoms with E-state index in [9.17, 15) is 9.18 Å². The van der Waals surface area contributed by atoms with Gasteiger partial charge in [0, 0.05) is 24.6 Å². The van der Waals surface area contributed by atoms with E-state index in [2.05, 4.69) is 10.3 Å². The molecule has 0 atom stereocenters. The van der Waals surface area contributed by atoms with Crippen LogP contribution in [-0.2, 0) is 13.1 Å². The Morgan fingerprint density at radius 2 is 1.68 bits per heavy atom. The topological polar surface area (TPSA) is 45.2 Å². The molecule has 2 aromatic carbocycles. The lowest BCUT2D eigenvalue weighted by Crippen LogP contribution is -2.39. The van der Waals surface area contributed by atoms with Crippen LogP contribution in [0.1, 0.15) is 11.1 Å². The molecule has 3 aromatic rings. The summed E-state index contributed by atoms with van der Waals surface area (Å²) in [6, 6.07) is 19.0. The number of halogens is 1. The third-order valence-electron chi connectivity index (χ3n) is 3.73. The Labute approximate surface area is 145 Å². The Bertz CT molecular complexity index is 807. The van der Waals surface area contributed by atoms with Gasteiger partial charge >= 0.3 is 6.03 Å². The lowest BCUT2D eigenvalue weighted by molar-refractivity contribution is 0.245. The number of benzene rings is 2. The standard InChI is InChI=1S/C20H18FN3O/c21-18-8-10-19(11-9-18)24(15-17-7-4-12-22-13-17)20(25)23-14-16-5-2-1-3-6-16/h1-13H,14-15H2,(H,23,25). The average Bonchev–Trinajstić information content (AvgIpc) is 2.67. The average molecular weight is 335 g/mol. The van der Waals surface area contributed by atoms with Gasteiger partial charge in [0.15, 0.2) is 0 Å². The van der Waals surface area contributed by atoms with Crippen LogP contribution in [0.3, 0.4) is 0 Å². The van der Waals surface area contributed by atoms with Crippen molar-refractivity contribution >= 4 is 11.7 Å². The number of anilines is 1. The largest absolute Gasteiger partial charge is 0.334 e. The van der Waals surface area contributed by atoms with E-state index in [0.717, 1.165) is 11.1 Å². The number of nitrogens with zero attached hydrogens (tertiary/aromatic N) is 2. The predicted octanol–water partition coefficient (Wildman–Crippen LogP) is 4.14. The molecule has 0 unspecified atom stereocenters. The van der Waals surface area contributed by atoms with Gasteiger partial charge in [-0.25, -0.2) is 9.18 Å². The Hall–Kier alpha value is -3.21. The Morgan fingerprint density at radius 1 is 0.960 bits per heavy atom. The molecule has 0 aliphatic heterocycles. The summed E-state index contributed by atoms with van der Waals surface area (Å²) in [5.41, 5.74) is 2.52. The molecule has 1 N–H and O–H groups in total. The second kappa shape index (κ2) is 8.06. The molecule has 1 aromatic heterocycles. The number of pyridine rings is 1. The summed E-state index contributed by atoms with van der Waals surface area (Å²) < 4.78 is 13.2. The van der Waals surface area contributed by atoms with Crippen LogP contribution >= 0.6 is 0 Å². The number of hydrogen-bond donors (Lipinski definition) is 1. The number of aromatic nitrogens is 1. The summed E-state index contributed by atoms with van der Waals surface area (Å²) >= 11 is 0. The van der Waals surface area contributed by atoms with Gasteiger partial charge in [-0.3, -0.25) is 9.88 Å². The van der Waals surface area contributed by atoms with E-state index < -0.39 is 0 Å². The zero-order valence-corrected chi connectivity index (χ0v) is 13.6. The lowest BCUT2D eigenvalue weighted by atomic mass is 10.2. The third-order valence-corrected chi connectivity index (χ3v) is 3.73. The quantitative estimate of drug-likeness (QED) is 0.762. The van der Waals surface area contributed by atoms with Gasteiger partial charge in [-0.1, -0.05) is 36.4 Å². The van der Waals surface area contributed by atoms with Crippen LogP contribution in [0.2, 0.25) is 0 Å². The number of carbonyl (C=O) groups is 1. The molecule has 126 valence electrons. The molecule has 0 saturated carbocycles. The number of hydrogen-bond acceptors (Lipinski definition) is 2. The summed E-state index contributed by atoms with van der Waals surface area (Å²) in [5.74, 6) is -0.338. The monoisotopic (exact) mass is 335 g/mol. The Morgan fingerprint density at radius 3 is 2.36 bits per heavy atom. The molecule has 0 aliphatic rings. The Kier molecular flexibility index (Phi) is 5.36. The summed E-state index contributed by atoms with van der Waals surface area (Å²) in [7, 11) is 0. The third kappa shape index (κ3) is 4.64. The molecule has 3 rings (SSSR count). The van der Waals surface area contributed by atoms with Crippen molar-refractivity contribution in [1.82, 2.24) is 10.3 Å². The first kappa shape index (κ1) is 16.6. The van der Waals surface area contributed by atoms with Crippen LogP contribution in [-0.4, -0.2) is 11.0 Å². The molecule has 0 saturated heterocycles. The minimum Gasteiger partial charge on any atom is -0.334 e. The molecule has 1 heterocycles. The zero-order chi connectivity index (χ0) is 17.5. The zero-order valence-electron chi connectivity index (χ0n) is 13.6. The van der Waals surface area contributed by atoms with Gasteiger partial charge in [0.05, 0.1) is 6.54 Å². The SMILES string of the molecule is O=C(NCc1ccccc1)N(Cc1cccnc1)c1ccc(F)cc1. The second-order valence-electron chi connectivity index (χ2n) is 5.57. The normalized spacial score (nSPS) is 10.3. The maximum atomic E-state index is 13.2. The van der Waals surface area contributed by atoms with Crippen molar-refractivity contribution < 1.29 is 9.18 Å². The number of nitrogens with one attached hydrogen (secondary N) is 1. The molecule has 0 bridgehead atoms. The van der Waals surface area contributed by atoms with Crippen molar-refractivity contribution in [3.8, 4) is 0 Å².